The third-order valence-corrected chi connectivity index (χ3v) is 6.14. The van der Waals surface area contributed by atoms with Crippen LogP contribution in [0.15, 0.2) is 40.6 Å². The van der Waals surface area contributed by atoms with E-state index in [0.29, 0.717) is 5.92 Å². The Kier molecular flexibility index (Phi) is 3.85. The van der Waals surface area contributed by atoms with Gasteiger partial charge in [0.1, 0.15) is 6.33 Å². The third-order valence-electron chi connectivity index (χ3n) is 5.08. The first-order valence-electron chi connectivity index (χ1n) is 8.12. The first-order chi connectivity index (χ1) is 11.2. The van der Waals surface area contributed by atoms with Crippen molar-refractivity contribution in [1.82, 2.24) is 14.8 Å². The van der Waals surface area contributed by atoms with Crippen molar-refractivity contribution in [2.24, 2.45) is 24.8 Å². The number of hydrogen-bond donors (Lipinski definition) is 1. The van der Waals surface area contributed by atoms with Gasteiger partial charge in [-0.25, -0.2) is 0 Å². The summed E-state index contributed by atoms with van der Waals surface area (Å²) in [5.41, 5.74) is 0.875. The summed E-state index contributed by atoms with van der Waals surface area (Å²) >= 11 is 1.56. The number of benzene rings is 1. The van der Waals surface area contributed by atoms with Crippen molar-refractivity contribution in [1.29, 1.82) is 0 Å². The molecule has 1 N–H and O–H groups in total. The molecule has 4 rings (SSSR count). The molecule has 120 valence electrons. The highest BCUT2D eigenvalue weighted by Crippen LogP contribution is 2.48. The van der Waals surface area contributed by atoms with E-state index in [1.165, 1.54) is 19.3 Å². The van der Waals surface area contributed by atoms with Crippen LogP contribution in [0.1, 0.15) is 25.7 Å². The zero-order valence-corrected chi connectivity index (χ0v) is 13.9. The maximum absolute atomic E-state index is 12.5. The number of hydrogen-bond acceptors (Lipinski definition) is 4. The van der Waals surface area contributed by atoms with Gasteiger partial charge in [-0.3, -0.25) is 4.79 Å². The van der Waals surface area contributed by atoms with Gasteiger partial charge in [-0.1, -0.05) is 6.42 Å². The number of amides is 1. The molecule has 2 fully saturated rings. The number of rotatable bonds is 4. The van der Waals surface area contributed by atoms with Crippen LogP contribution < -0.4 is 5.32 Å². The van der Waals surface area contributed by atoms with Crippen LogP contribution in [0.2, 0.25) is 0 Å². The van der Waals surface area contributed by atoms with Crippen LogP contribution >= 0.6 is 11.8 Å². The van der Waals surface area contributed by atoms with E-state index in [1.807, 2.05) is 35.9 Å². The molecule has 1 amide bonds. The van der Waals surface area contributed by atoms with Gasteiger partial charge < -0.3 is 9.88 Å². The maximum Gasteiger partial charge on any atom is 0.227 e. The lowest BCUT2D eigenvalue weighted by Gasteiger charge is -2.20. The molecule has 6 heteroatoms. The fraction of sp³-hybridized carbons (Fsp3) is 0.471. The predicted octanol–water partition coefficient (Wildman–Crippen LogP) is 3.34. The van der Waals surface area contributed by atoms with Gasteiger partial charge in [-0.15, -0.1) is 10.2 Å². The highest BCUT2D eigenvalue weighted by molar-refractivity contribution is 7.99. The molecule has 0 saturated heterocycles. The van der Waals surface area contributed by atoms with Gasteiger partial charge in [0.05, 0.1) is 0 Å². The molecule has 2 aromatic rings. The minimum Gasteiger partial charge on any atom is -0.326 e. The Morgan fingerprint density at radius 3 is 2.70 bits per heavy atom. The van der Waals surface area contributed by atoms with Crippen molar-refractivity contribution in [2.75, 3.05) is 5.32 Å². The fourth-order valence-electron chi connectivity index (χ4n) is 3.88. The molecule has 0 radical (unpaired) electrons. The van der Waals surface area contributed by atoms with Gasteiger partial charge in [0.15, 0.2) is 5.16 Å². The SMILES string of the molecule is Cn1cnnc1Sc1ccc(NC(=O)C2CC3CCC2C3)cc1. The monoisotopic (exact) mass is 328 g/mol. The Balaban J connectivity index is 1.38. The van der Waals surface area contributed by atoms with Crippen LogP contribution in [0.3, 0.4) is 0 Å². The van der Waals surface area contributed by atoms with Crippen LogP contribution in [-0.2, 0) is 11.8 Å². The van der Waals surface area contributed by atoms with Crippen molar-refractivity contribution in [3.8, 4) is 0 Å². The number of nitrogens with zero attached hydrogens (tertiary/aromatic N) is 3. The van der Waals surface area contributed by atoms with E-state index >= 15 is 0 Å². The molecule has 2 bridgehead atoms. The fourth-order valence-corrected chi connectivity index (χ4v) is 4.64. The topological polar surface area (TPSA) is 59.8 Å². The highest BCUT2D eigenvalue weighted by Gasteiger charge is 2.42. The molecule has 2 aliphatic rings. The largest absolute Gasteiger partial charge is 0.326 e. The number of aryl methyl sites for hydroxylation is 1. The Hall–Kier alpha value is -1.82. The lowest BCUT2D eigenvalue weighted by atomic mass is 9.88. The number of anilines is 1. The van der Waals surface area contributed by atoms with Gasteiger partial charge in [0.2, 0.25) is 5.91 Å². The summed E-state index contributed by atoms with van der Waals surface area (Å²) in [5, 5.41) is 11.9. The Labute approximate surface area is 139 Å². The maximum atomic E-state index is 12.5. The number of nitrogens with one attached hydrogen (secondary N) is 1. The summed E-state index contributed by atoms with van der Waals surface area (Å²) in [7, 11) is 1.92. The minimum atomic E-state index is 0.200. The van der Waals surface area contributed by atoms with Crippen molar-refractivity contribution in [3.05, 3.63) is 30.6 Å². The standard InChI is InChI=1S/C17H20N4OS/c1-21-10-18-20-17(21)23-14-6-4-13(5-7-14)19-16(22)15-9-11-2-3-12(15)8-11/h4-7,10-12,15H,2-3,8-9H2,1H3,(H,19,22). The summed E-state index contributed by atoms with van der Waals surface area (Å²) < 4.78 is 1.88. The van der Waals surface area contributed by atoms with Crippen molar-refractivity contribution in [2.45, 2.75) is 35.7 Å². The zero-order chi connectivity index (χ0) is 15.8. The summed E-state index contributed by atoms with van der Waals surface area (Å²) in [6.45, 7) is 0. The predicted molar refractivity (Wildman–Crippen MR) is 89.1 cm³/mol. The van der Waals surface area contributed by atoms with Crippen LogP contribution in [0.4, 0.5) is 5.69 Å². The van der Waals surface area contributed by atoms with E-state index in [1.54, 1.807) is 18.1 Å². The van der Waals surface area contributed by atoms with E-state index in [2.05, 4.69) is 15.5 Å². The number of aromatic nitrogens is 3. The molecule has 23 heavy (non-hydrogen) atoms. The summed E-state index contributed by atoms with van der Waals surface area (Å²) in [4.78, 5) is 13.5. The zero-order valence-electron chi connectivity index (χ0n) is 13.1. The first kappa shape index (κ1) is 14.8. The molecular weight excluding hydrogens is 308 g/mol. The molecule has 1 heterocycles. The molecule has 5 nitrogen and oxygen atoms in total. The molecule has 3 atom stereocenters. The van der Waals surface area contributed by atoms with Crippen molar-refractivity contribution in [3.63, 3.8) is 0 Å². The molecule has 1 aromatic heterocycles. The van der Waals surface area contributed by atoms with Gasteiger partial charge in [-0.2, -0.15) is 0 Å². The van der Waals surface area contributed by atoms with E-state index in [0.717, 1.165) is 28.1 Å². The average Bonchev–Trinajstić information content (AvgIpc) is 3.27. The van der Waals surface area contributed by atoms with E-state index in [4.69, 9.17) is 0 Å². The molecule has 1 aromatic carbocycles. The number of fused-ring (bicyclic) bond motifs is 2. The lowest BCUT2D eigenvalue weighted by molar-refractivity contribution is -0.121. The lowest BCUT2D eigenvalue weighted by Crippen LogP contribution is -2.27. The molecule has 2 saturated carbocycles. The van der Waals surface area contributed by atoms with Gasteiger partial charge in [0.25, 0.3) is 0 Å². The Morgan fingerprint density at radius 1 is 1.26 bits per heavy atom. The Bertz CT molecular complexity index is 712. The van der Waals surface area contributed by atoms with E-state index in [-0.39, 0.29) is 11.8 Å². The van der Waals surface area contributed by atoms with Crippen LogP contribution in [-0.4, -0.2) is 20.7 Å². The number of carbonyl (C=O) groups is 1. The quantitative estimate of drug-likeness (QED) is 0.935. The second kappa shape index (κ2) is 6.00. The molecule has 0 spiro atoms. The third kappa shape index (κ3) is 3.00. The van der Waals surface area contributed by atoms with Gasteiger partial charge in [-0.05, 0) is 67.1 Å². The second-order valence-corrected chi connectivity index (χ2v) is 7.66. The van der Waals surface area contributed by atoms with E-state index in [9.17, 15) is 4.79 Å². The van der Waals surface area contributed by atoms with Crippen LogP contribution in [0.5, 0.6) is 0 Å². The van der Waals surface area contributed by atoms with Gasteiger partial charge in [0, 0.05) is 23.5 Å². The normalized spacial score (nSPS) is 25.7. The smallest absolute Gasteiger partial charge is 0.227 e. The molecule has 2 aliphatic carbocycles. The summed E-state index contributed by atoms with van der Waals surface area (Å²) in [6.07, 6.45) is 6.58. The number of carbonyl (C=O) groups excluding carboxylic acids is 1. The van der Waals surface area contributed by atoms with Crippen molar-refractivity contribution < 1.29 is 4.79 Å². The molecule has 0 aliphatic heterocycles. The highest BCUT2D eigenvalue weighted by atomic mass is 32.2. The van der Waals surface area contributed by atoms with Crippen molar-refractivity contribution >= 4 is 23.4 Å². The first-order valence-corrected chi connectivity index (χ1v) is 8.93. The molecule has 3 unspecified atom stereocenters. The molecular formula is C17H20N4OS. The van der Waals surface area contributed by atoms with E-state index < -0.39 is 0 Å². The Morgan fingerprint density at radius 2 is 2.09 bits per heavy atom. The summed E-state index contributed by atoms with van der Waals surface area (Å²) in [5.74, 6) is 1.83. The average molecular weight is 328 g/mol. The minimum absolute atomic E-state index is 0.200. The van der Waals surface area contributed by atoms with Crippen LogP contribution in [0, 0.1) is 17.8 Å². The second-order valence-electron chi connectivity index (χ2n) is 6.62. The van der Waals surface area contributed by atoms with Gasteiger partial charge >= 0.3 is 0 Å². The van der Waals surface area contributed by atoms with Crippen LogP contribution in [0.25, 0.3) is 0 Å². The summed E-state index contributed by atoms with van der Waals surface area (Å²) in [6, 6.07) is 7.94.